The minimum absolute atomic E-state index is 0. The highest BCUT2D eigenvalue weighted by Crippen LogP contribution is 2.51. The number of anilines is 1. The van der Waals surface area contributed by atoms with Crippen LogP contribution >= 0.6 is 0 Å². The second-order valence-electron chi connectivity index (χ2n) is 9.75. The zero-order valence-electron chi connectivity index (χ0n) is 20.6. The van der Waals surface area contributed by atoms with E-state index in [0.717, 1.165) is 46.3 Å². The molecule has 5 rings (SSSR count). The summed E-state index contributed by atoms with van der Waals surface area (Å²) in [7, 11) is -3.32. The maximum atomic E-state index is 13.3. The fourth-order valence-electron chi connectivity index (χ4n) is 4.38. The number of ether oxygens (including phenoxy) is 2. The normalized spacial score (nSPS) is 15.7. The van der Waals surface area contributed by atoms with Gasteiger partial charge in [-0.05, 0) is 85.7 Å². The summed E-state index contributed by atoms with van der Waals surface area (Å²) in [6.07, 6.45) is 1.58. The summed E-state index contributed by atoms with van der Waals surface area (Å²) in [5.74, 6) is 1.37. The zero-order valence-corrected chi connectivity index (χ0v) is 21.4. The van der Waals surface area contributed by atoms with Gasteiger partial charge in [0.1, 0.15) is 0 Å². The molecule has 3 aromatic carbocycles. The summed E-state index contributed by atoms with van der Waals surface area (Å²) in [5, 5.41) is 2.64. The lowest BCUT2D eigenvalue weighted by atomic mass is 9.94. The van der Waals surface area contributed by atoms with Crippen molar-refractivity contribution in [3.8, 4) is 22.6 Å². The summed E-state index contributed by atoms with van der Waals surface area (Å²) in [6, 6.07) is 19.4. The summed E-state index contributed by atoms with van der Waals surface area (Å²) < 4.78 is 37.6. The van der Waals surface area contributed by atoms with Crippen molar-refractivity contribution in [2.24, 2.45) is 0 Å². The highest BCUT2D eigenvalue weighted by atomic mass is 32.2. The number of carbonyl (C=O) groups is 1. The number of rotatable bonds is 8. The molecule has 1 aliphatic carbocycles. The molecule has 1 fully saturated rings. The van der Waals surface area contributed by atoms with Crippen molar-refractivity contribution in [1.29, 1.82) is 0 Å². The molecule has 0 aromatic heterocycles. The molecule has 2 N–H and O–H groups in total. The molecule has 7 nitrogen and oxygen atoms in total. The third-order valence-corrected chi connectivity index (χ3v) is 8.76. The van der Waals surface area contributed by atoms with E-state index in [1.165, 1.54) is 0 Å². The zero-order chi connectivity index (χ0) is 25.5. The van der Waals surface area contributed by atoms with Gasteiger partial charge in [0.25, 0.3) is 0 Å². The number of nitrogens with one attached hydrogen (secondary N) is 2. The third kappa shape index (κ3) is 4.70. The van der Waals surface area contributed by atoms with E-state index in [4.69, 9.17) is 9.47 Å². The van der Waals surface area contributed by atoms with Gasteiger partial charge in [0, 0.05) is 13.7 Å². The Morgan fingerprint density at radius 1 is 1.00 bits per heavy atom. The summed E-state index contributed by atoms with van der Waals surface area (Å²) in [5.41, 5.74) is 5.10. The average molecular weight is 509 g/mol. The predicted molar refractivity (Wildman–Crippen MR) is 142 cm³/mol. The minimum atomic E-state index is -3.32. The van der Waals surface area contributed by atoms with Crippen LogP contribution in [0.4, 0.5) is 5.69 Å². The Hall–Kier alpha value is -3.36. The smallest absolute Gasteiger partial charge is 0.235 e. The average Bonchev–Trinajstić information content (AvgIpc) is 3.55. The Morgan fingerprint density at radius 2 is 1.72 bits per heavy atom. The number of sulfonamides is 1. The first-order valence-corrected chi connectivity index (χ1v) is 13.6. The van der Waals surface area contributed by atoms with E-state index in [-0.39, 0.29) is 20.7 Å². The van der Waals surface area contributed by atoms with Crippen LogP contribution in [0, 0.1) is 6.92 Å². The number of hydrogen-bond donors (Lipinski definition) is 2. The SMILES string of the molecule is Cc1ccc(NC(=O)C2(c3ccc4c(c3)OCO4)CC2)cc1-c1ccc(CNS(=O)(=O)C(C)C)cc1.[HH]. The fourth-order valence-corrected chi connectivity index (χ4v) is 5.08. The first-order chi connectivity index (χ1) is 17.2. The van der Waals surface area contributed by atoms with Crippen LogP contribution in [0.2, 0.25) is 0 Å². The van der Waals surface area contributed by atoms with Crippen LogP contribution in [0.25, 0.3) is 11.1 Å². The topological polar surface area (TPSA) is 93.7 Å². The first kappa shape index (κ1) is 24.3. The number of amides is 1. The lowest BCUT2D eigenvalue weighted by Gasteiger charge is -2.17. The third-order valence-electron chi connectivity index (χ3n) is 6.97. The van der Waals surface area contributed by atoms with Gasteiger partial charge in [-0.15, -0.1) is 0 Å². The van der Waals surface area contributed by atoms with Crippen LogP contribution < -0.4 is 19.5 Å². The number of hydrogen-bond acceptors (Lipinski definition) is 5. The molecule has 0 unspecified atom stereocenters. The van der Waals surface area contributed by atoms with Gasteiger partial charge in [0.15, 0.2) is 11.5 Å². The monoisotopic (exact) mass is 508 g/mol. The maximum absolute atomic E-state index is 13.3. The van der Waals surface area contributed by atoms with Gasteiger partial charge in [-0.1, -0.05) is 36.4 Å². The molecule has 8 heteroatoms. The second kappa shape index (κ2) is 9.26. The highest BCUT2D eigenvalue weighted by molar-refractivity contribution is 7.90. The van der Waals surface area contributed by atoms with E-state index in [2.05, 4.69) is 10.0 Å². The lowest BCUT2D eigenvalue weighted by Crippen LogP contribution is -2.30. The van der Waals surface area contributed by atoms with Crippen LogP contribution in [-0.4, -0.2) is 26.4 Å². The molecule has 1 heterocycles. The molecule has 0 bridgehead atoms. The van der Waals surface area contributed by atoms with Crippen molar-refractivity contribution in [3.05, 3.63) is 77.4 Å². The fraction of sp³-hybridized carbons (Fsp3) is 0.321. The van der Waals surface area contributed by atoms with Gasteiger partial charge in [-0.3, -0.25) is 4.79 Å². The molecule has 1 amide bonds. The van der Waals surface area contributed by atoms with E-state index < -0.39 is 20.7 Å². The summed E-state index contributed by atoms with van der Waals surface area (Å²) in [4.78, 5) is 13.3. The van der Waals surface area contributed by atoms with E-state index >= 15 is 0 Å². The summed E-state index contributed by atoms with van der Waals surface area (Å²) in [6.45, 7) is 5.79. The largest absolute Gasteiger partial charge is 0.454 e. The maximum Gasteiger partial charge on any atom is 0.235 e. The van der Waals surface area contributed by atoms with Gasteiger partial charge in [-0.25, -0.2) is 13.1 Å². The number of aryl methyl sites for hydroxylation is 1. The second-order valence-corrected chi connectivity index (χ2v) is 12.1. The quantitative estimate of drug-likeness (QED) is 0.440. The Labute approximate surface area is 213 Å². The molecule has 1 aliphatic heterocycles. The lowest BCUT2D eigenvalue weighted by molar-refractivity contribution is -0.118. The molecule has 0 radical (unpaired) electrons. The molecule has 36 heavy (non-hydrogen) atoms. The molecule has 1 saturated carbocycles. The van der Waals surface area contributed by atoms with Gasteiger partial charge in [0.05, 0.1) is 10.7 Å². The van der Waals surface area contributed by atoms with Crippen LogP contribution in [0.3, 0.4) is 0 Å². The highest BCUT2D eigenvalue weighted by Gasteiger charge is 2.51. The number of carbonyl (C=O) groups excluding carboxylic acids is 1. The molecular formula is C28H32N2O5S. The van der Waals surface area contributed by atoms with Crippen molar-refractivity contribution >= 4 is 21.6 Å². The summed E-state index contributed by atoms with van der Waals surface area (Å²) >= 11 is 0. The Morgan fingerprint density at radius 3 is 2.42 bits per heavy atom. The van der Waals surface area contributed by atoms with Crippen molar-refractivity contribution < 1.29 is 24.1 Å². The van der Waals surface area contributed by atoms with Gasteiger partial charge in [0.2, 0.25) is 22.7 Å². The van der Waals surface area contributed by atoms with E-state index in [9.17, 15) is 13.2 Å². The van der Waals surface area contributed by atoms with Gasteiger partial charge >= 0.3 is 0 Å². The predicted octanol–water partition coefficient (Wildman–Crippen LogP) is 5.13. The van der Waals surface area contributed by atoms with Crippen molar-refractivity contribution in [1.82, 2.24) is 4.72 Å². The molecule has 0 atom stereocenters. The van der Waals surface area contributed by atoms with Gasteiger partial charge < -0.3 is 14.8 Å². The molecular weight excluding hydrogens is 476 g/mol. The Balaban J connectivity index is 0.00000320. The van der Waals surface area contributed by atoms with Crippen LogP contribution in [0.15, 0.2) is 60.7 Å². The van der Waals surface area contributed by atoms with Crippen molar-refractivity contribution in [2.45, 2.75) is 50.8 Å². The molecule has 190 valence electrons. The molecule has 2 aliphatic rings. The number of fused-ring (bicyclic) bond motifs is 1. The van der Waals surface area contributed by atoms with Crippen molar-refractivity contribution in [3.63, 3.8) is 0 Å². The molecule has 0 spiro atoms. The Bertz CT molecular complexity index is 1420. The minimum Gasteiger partial charge on any atom is -0.454 e. The van der Waals surface area contributed by atoms with Crippen LogP contribution in [0.5, 0.6) is 11.5 Å². The van der Waals surface area contributed by atoms with E-state index in [0.29, 0.717) is 11.5 Å². The van der Waals surface area contributed by atoms with Crippen LogP contribution in [0.1, 0.15) is 44.8 Å². The van der Waals surface area contributed by atoms with E-state index in [1.54, 1.807) is 13.8 Å². The molecule has 0 saturated heterocycles. The molecule has 3 aromatic rings. The Kier molecular flexibility index (Phi) is 6.26. The van der Waals surface area contributed by atoms with Gasteiger partial charge in [-0.2, -0.15) is 0 Å². The first-order valence-electron chi connectivity index (χ1n) is 12.1. The van der Waals surface area contributed by atoms with Crippen LogP contribution in [-0.2, 0) is 26.8 Å². The number of benzene rings is 3. The standard InChI is InChI=1S/C28H30N2O5S.H2/c1-18(2)36(32,33)29-16-20-5-7-21(8-6-20)24-15-23(10-4-19(24)3)30-27(31)28(12-13-28)22-9-11-25-26(14-22)35-17-34-25;/h4-11,14-15,18,29H,12-13,16-17H2,1-3H3,(H,30,31);1H. The van der Waals surface area contributed by atoms with E-state index in [1.807, 2.05) is 67.6 Å². The van der Waals surface area contributed by atoms with Crippen molar-refractivity contribution in [2.75, 3.05) is 12.1 Å².